The zero-order valence-electron chi connectivity index (χ0n) is 7.27. The Morgan fingerprint density at radius 3 is 2.50 bits per heavy atom. The molecule has 1 radical (unpaired) electrons. The van der Waals surface area contributed by atoms with E-state index in [1.807, 2.05) is 6.08 Å². The van der Waals surface area contributed by atoms with Gasteiger partial charge in [-0.25, -0.2) is 0 Å². The first-order valence-electron chi connectivity index (χ1n) is 4.21. The van der Waals surface area contributed by atoms with Gasteiger partial charge in [0.25, 0.3) is 0 Å². The highest BCUT2D eigenvalue weighted by Gasteiger charge is 1.91. The molecule has 0 saturated heterocycles. The van der Waals surface area contributed by atoms with Crippen LogP contribution in [0.1, 0.15) is 39.5 Å². The average Bonchev–Trinajstić information content (AvgIpc) is 1.87. The van der Waals surface area contributed by atoms with Crippen LogP contribution < -0.4 is 0 Å². The van der Waals surface area contributed by atoms with Crippen LogP contribution in [-0.4, -0.2) is 0 Å². The first-order chi connectivity index (χ1) is 4.77. The molecule has 0 fully saturated rings. The van der Waals surface area contributed by atoms with Crippen molar-refractivity contribution in [3.8, 4) is 0 Å². The van der Waals surface area contributed by atoms with Gasteiger partial charge >= 0.3 is 0 Å². The molecule has 0 amide bonds. The van der Waals surface area contributed by atoms with E-state index >= 15 is 0 Å². The zero-order valence-corrected chi connectivity index (χ0v) is 7.27. The summed E-state index contributed by atoms with van der Waals surface area (Å²) >= 11 is 0. The van der Waals surface area contributed by atoms with E-state index in [-0.39, 0.29) is 0 Å². The summed E-state index contributed by atoms with van der Waals surface area (Å²) in [6, 6.07) is 0. The summed E-state index contributed by atoms with van der Waals surface area (Å²) in [6.07, 6.45) is 9.28. The summed E-state index contributed by atoms with van der Waals surface area (Å²) in [6.45, 7) is 8.19. The lowest BCUT2D eigenvalue weighted by molar-refractivity contribution is 0.540. The maximum absolute atomic E-state index is 3.64. The van der Waals surface area contributed by atoms with Crippen LogP contribution in [0.15, 0.2) is 12.2 Å². The van der Waals surface area contributed by atoms with E-state index in [0.29, 0.717) is 0 Å². The number of rotatable bonds is 5. The quantitative estimate of drug-likeness (QED) is 0.510. The second-order valence-corrected chi connectivity index (χ2v) is 3.15. The van der Waals surface area contributed by atoms with Crippen LogP contribution >= 0.6 is 0 Å². The van der Waals surface area contributed by atoms with Crippen LogP contribution in [0.3, 0.4) is 0 Å². The van der Waals surface area contributed by atoms with Crippen LogP contribution in [-0.2, 0) is 0 Å². The van der Waals surface area contributed by atoms with E-state index in [1.165, 1.54) is 25.7 Å². The molecular weight excluding hydrogens is 120 g/mol. The smallest absolute Gasteiger partial charge is 0.0316 e. The number of hydrogen-bond acceptors (Lipinski definition) is 0. The second-order valence-electron chi connectivity index (χ2n) is 3.15. The molecule has 0 aromatic heterocycles. The lowest BCUT2D eigenvalue weighted by Crippen LogP contribution is -1.85. The Kier molecular flexibility index (Phi) is 6.68. The van der Waals surface area contributed by atoms with Crippen LogP contribution in [0, 0.1) is 12.8 Å². The molecule has 0 bridgehead atoms. The average molecular weight is 139 g/mol. The lowest BCUT2D eigenvalue weighted by atomic mass is 10.1. The normalized spacial score (nSPS) is 11.6. The van der Waals surface area contributed by atoms with Crippen molar-refractivity contribution in [2.75, 3.05) is 0 Å². The predicted molar refractivity (Wildman–Crippen MR) is 47.8 cm³/mol. The zero-order chi connectivity index (χ0) is 7.82. The first kappa shape index (κ1) is 9.74. The molecule has 10 heavy (non-hydrogen) atoms. The van der Waals surface area contributed by atoms with Gasteiger partial charge < -0.3 is 0 Å². The van der Waals surface area contributed by atoms with Crippen molar-refractivity contribution < 1.29 is 0 Å². The fourth-order valence-corrected chi connectivity index (χ4v) is 0.933. The molecular formula is C10H19. The van der Waals surface area contributed by atoms with Crippen LogP contribution in [0.4, 0.5) is 0 Å². The summed E-state index contributed by atoms with van der Waals surface area (Å²) in [7, 11) is 0. The number of hydrogen-bond donors (Lipinski definition) is 0. The van der Waals surface area contributed by atoms with Crippen LogP contribution in [0.5, 0.6) is 0 Å². The topological polar surface area (TPSA) is 0 Å². The second kappa shape index (κ2) is 6.85. The molecule has 0 aliphatic carbocycles. The van der Waals surface area contributed by atoms with Crippen LogP contribution in [0.25, 0.3) is 0 Å². The molecule has 0 aliphatic heterocycles. The molecule has 0 N–H and O–H groups in total. The van der Waals surface area contributed by atoms with Gasteiger partial charge in [-0.2, -0.15) is 0 Å². The largest absolute Gasteiger partial charge is 0.0885 e. The Morgan fingerprint density at radius 1 is 1.30 bits per heavy atom. The molecule has 0 heteroatoms. The molecule has 59 valence electrons. The van der Waals surface area contributed by atoms with Crippen molar-refractivity contribution in [3.05, 3.63) is 19.1 Å². The predicted octanol–water partition coefficient (Wildman–Crippen LogP) is 3.59. The minimum atomic E-state index is 0.865. The molecule has 0 spiro atoms. The third kappa shape index (κ3) is 7.74. The Morgan fingerprint density at radius 2 is 2.00 bits per heavy atom. The lowest BCUT2D eigenvalue weighted by Gasteiger charge is -2.01. The van der Waals surface area contributed by atoms with E-state index in [4.69, 9.17) is 0 Å². The van der Waals surface area contributed by atoms with Crippen LogP contribution in [0.2, 0.25) is 0 Å². The van der Waals surface area contributed by atoms with Gasteiger partial charge in [-0.05, 0) is 25.7 Å². The summed E-state index contributed by atoms with van der Waals surface area (Å²) in [5.41, 5.74) is 0. The van der Waals surface area contributed by atoms with E-state index in [9.17, 15) is 0 Å². The van der Waals surface area contributed by atoms with E-state index in [2.05, 4.69) is 26.8 Å². The molecule has 0 saturated carbocycles. The first-order valence-corrected chi connectivity index (χ1v) is 4.21. The van der Waals surface area contributed by atoms with E-state index < -0.39 is 0 Å². The maximum atomic E-state index is 3.64. The number of unbranched alkanes of at least 4 members (excludes halogenated alkanes) is 2. The van der Waals surface area contributed by atoms with E-state index in [1.54, 1.807) is 0 Å². The molecule has 0 aliphatic rings. The van der Waals surface area contributed by atoms with Crippen molar-refractivity contribution in [2.24, 2.45) is 5.92 Å². The van der Waals surface area contributed by atoms with Gasteiger partial charge in [0.1, 0.15) is 0 Å². The maximum Gasteiger partial charge on any atom is -0.0316 e. The highest BCUT2D eigenvalue weighted by atomic mass is 14.0. The SMILES string of the molecule is [CH2]/C=C/CCCCC(C)C. The molecule has 0 rings (SSSR count). The monoisotopic (exact) mass is 139 g/mol. The molecule has 0 aromatic rings. The molecule has 0 unspecified atom stereocenters. The van der Waals surface area contributed by atoms with Crippen molar-refractivity contribution in [3.63, 3.8) is 0 Å². The minimum absolute atomic E-state index is 0.865. The third-order valence-corrected chi connectivity index (χ3v) is 1.57. The molecule has 0 nitrogen and oxygen atoms in total. The fourth-order valence-electron chi connectivity index (χ4n) is 0.933. The standard InChI is InChI=1S/C10H19/c1-4-5-6-7-8-9-10(2)3/h4-5,10H,1,6-9H2,2-3H3/b5-4+. The Hall–Kier alpha value is -0.260. The van der Waals surface area contributed by atoms with Gasteiger partial charge in [-0.15, -0.1) is 0 Å². The van der Waals surface area contributed by atoms with E-state index in [0.717, 1.165) is 5.92 Å². The van der Waals surface area contributed by atoms with Crippen molar-refractivity contribution in [2.45, 2.75) is 39.5 Å². The van der Waals surface area contributed by atoms with Gasteiger partial charge in [0, 0.05) is 0 Å². The summed E-state index contributed by atoms with van der Waals surface area (Å²) in [5, 5.41) is 0. The molecule has 0 aromatic carbocycles. The third-order valence-electron chi connectivity index (χ3n) is 1.57. The Bertz CT molecular complexity index is 80.0. The highest BCUT2D eigenvalue weighted by Crippen LogP contribution is 2.07. The summed E-state index contributed by atoms with van der Waals surface area (Å²) in [4.78, 5) is 0. The van der Waals surface area contributed by atoms with Gasteiger partial charge in [0.05, 0.1) is 0 Å². The summed E-state index contributed by atoms with van der Waals surface area (Å²) < 4.78 is 0. The van der Waals surface area contributed by atoms with Gasteiger partial charge in [0.2, 0.25) is 0 Å². The van der Waals surface area contributed by atoms with Crippen molar-refractivity contribution >= 4 is 0 Å². The Balaban J connectivity index is 2.91. The highest BCUT2D eigenvalue weighted by molar-refractivity contribution is 4.83. The van der Waals surface area contributed by atoms with Gasteiger partial charge in [-0.1, -0.05) is 38.8 Å². The molecule has 0 atom stereocenters. The van der Waals surface area contributed by atoms with Crippen molar-refractivity contribution in [1.29, 1.82) is 0 Å². The summed E-state index contributed by atoms with van der Waals surface area (Å²) in [5.74, 6) is 0.865. The van der Waals surface area contributed by atoms with Gasteiger partial charge in [-0.3, -0.25) is 0 Å². The Labute approximate surface area is 65.3 Å². The number of allylic oxidation sites excluding steroid dienone is 2. The minimum Gasteiger partial charge on any atom is -0.0885 e. The van der Waals surface area contributed by atoms with Crippen molar-refractivity contribution in [1.82, 2.24) is 0 Å². The fraction of sp³-hybridized carbons (Fsp3) is 0.700. The van der Waals surface area contributed by atoms with Gasteiger partial charge in [0.15, 0.2) is 0 Å². The molecule has 0 heterocycles.